The third-order valence-corrected chi connectivity index (χ3v) is 7.54. The molecule has 4 rings (SSSR count). The van der Waals surface area contributed by atoms with Crippen LogP contribution in [0, 0.1) is 5.92 Å². The van der Waals surface area contributed by atoms with Crippen molar-refractivity contribution in [3.8, 4) is 0 Å². The van der Waals surface area contributed by atoms with E-state index in [1.807, 2.05) is 42.5 Å². The van der Waals surface area contributed by atoms with Crippen LogP contribution in [0.1, 0.15) is 74.2 Å². The predicted octanol–water partition coefficient (Wildman–Crippen LogP) is 5.04. The van der Waals surface area contributed by atoms with Gasteiger partial charge in [-0.15, -0.1) is 6.58 Å². The molecule has 1 aliphatic heterocycles. The lowest BCUT2D eigenvalue weighted by atomic mass is 9.89. The van der Waals surface area contributed by atoms with Gasteiger partial charge in [0.05, 0.1) is 18.8 Å². The number of aliphatic hydroxyl groups is 1. The second-order valence-electron chi connectivity index (χ2n) is 10.2. The van der Waals surface area contributed by atoms with Crippen molar-refractivity contribution >= 4 is 5.91 Å². The van der Waals surface area contributed by atoms with Crippen LogP contribution in [0.5, 0.6) is 0 Å². The Bertz CT molecular complexity index is 985. The van der Waals surface area contributed by atoms with Gasteiger partial charge in [-0.1, -0.05) is 74.4 Å². The number of rotatable bonds is 10. The summed E-state index contributed by atoms with van der Waals surface area (Å²) in [6.45, 7) is 9.96. The fourth-order valence-corrected chi connectivity index (χ4v) is 5.39. The molecule has 194 valence electrons. The zero-order valence-corrected chi connectivity index (χ0v) is 21.6. The second kappa shape index (κ2) is 12.6. The van der Waals surface area contributed by atoms with Gasteiger partial charge in [-0.3, -0.25) is 9.69 Å². The molecule has 6 heteroatoms. The molecule has 1 saturated heterocycles. The van der Waals surface area contributed by atoms with Crippen LogP contribution in [0.15, 0.2) is 61.2 Å². The first-order chi connectivity index (χ1) is 17.5. The number of ether oxygens (including phenoxy) is 2. The van der Waals surface area contributed by atoms with E-state index in [-0.39, 0.29) is 30.6 Å². The highest BCUT2D eigenvalue weighted by molar-refractivity contribution is 5.72. The summed E-state index contributed by atoms with van der Waals surface area (Å²) in [4.78, 5) is 13.8. The van der Waals surface area contributed by atoms with Gasteiger partial charge in [0.15, 0.2) is 6.29 Å². The molecule has 2 N–H and O–H groups in total. The average Bonchev–Trinajstić information content (AvgIpc) is 3.44. The summed E-state index contributed by atoms with van der Waals surface area (Å²) in [5, 5.41) is 12.3. The molecule has 1 aliphatic carbocycles. The molecule has 6 nitrogen and oxygen atoms in total. The fourth-order valence-electron chi connectivity index (χ4n) is 5.39. The normalized spacial score (nSPS) is 24.7. The highest BCUT2D eigenvalue weighted by Crippen LogP contribution is 2.42. The standard InChI is InChI=1S/C30H40N2O4/c1-4-17-32(27-7-5-6-8-27)19-28-21(2)29(25-13-11-24(20-33)12-14-25)36-30(35-28)26-15-9-23(10-16-26)18-31-22(3)34/h4,9-16,21,27-30,33H,1,5-8,17-20H2,2-3H3,(H,31,34)/t21-,28+,29+,30+/m0/s1. The summed E-state index contributed by atoms with van der Waals surface area (Å²) in [5.74, 6) is 0.102. The van der Waals surface area contributed by atoms with Crippen molar-refractivity contribution in [1.82, 2.24) is 10.2 Å². The lowest BCUT2D eigenvalue weighted by Gasteiger charge is -2.43. The molecular formula is C30H40N2O4. The minimum Gasteiger partial charge on any atom is -0.392 e. The predicted molar refractivity (Wildman–Crippen MR) is 141 cm³/mol. The van der Waals surface area contributed by atoms with E-state index in [1.165, 1.54) is 32.6 Å². The quantitative estimate of drug-likeness (QED) is 0.455. The Morgan fingerprint density at radius 2 is 1.69 bits per heavy atom. The van der Waals surface area contributed by atoms with Crippen LogP contribution in [0.3, 0.4) is 0 Å². The number of carbonyl (C=O) groups is 1. The summed E-state index contributed by atoms with van der Waals surface area (Å²) >= 11 is 0. The first-order valence-electron chi connectivity index (χ1n) is 13.2. The fraction of sp³-hybridized carbons (Fsp3) is 0.500. The van der Waals surface area contributed by atoms with E-state index in [0.29, 0.717) is 12.6 Å². The van der Waals surface area contributed by atoms with Crippen LogP contribution in [-0.2, 0) is 27.4 Å². The summed E-state index contributed by atoms with van der Waals surface area (Å²) < 4.78 is 13.2. The summed E-state index contributed by atoms with van der Waals surface area (Å²) in [6.07, 6.45) is 6.41. The molecule has 0 bridgehead atoms. The molecule has 0 unspecified atom stereocenters. The molecule has 2 aromatic rings. The van der Waals surface area contributed by atoms with E-state index in [1.54, 1.807) is 0 Å². The van der Waals surface area contributed by atoms with Gasteiger partial charge in [0.1, 0.15) is 0 Å². The van der Waals surface area contributed by atoms with Gasteiger partial charge in [-0.2, -0.15) is 0 Å². The zero-order valence-electron chi connectivity index (χ0n) is 21.6. The number of aliphatic hydroxyl groups excluding tert-OH is 1. The smallest absolute Gasteiger partial charge is 0.217 e. The van der Waals surface area contributed by atoms with Crippen molar-refractivity contribution in [1.29, 1.82) is 0 Å². The molecule has 2 aromatic carbocycles. The first-order valence-corrected chi connectivity index (χ1v) is 13.2. The van der Waals surface area contributed by atoms with Crippen molar-refractivity contribution in [2.24, 2.45) is 5.92 Å². The van der Waals surface area contributed by atoms with Gasteiger partial charge in [-0.05, 0) is 29.5 Å². The van der Waals surface area contributed by atoms with Gasteiger partial charge >= 0.3 is 0 Å². The maximum atomic E-state index is 11.3. The third kappa shape index (κ3) is 6.62. The number of amides is 1. The highest BCUT2D eigenvalue weighted by Gasteiger charge is 2.40. The van der Waals surface area contributed by atoms with Gasteiger partial charge < -0.3 is 19.9 Å². The molecule has 0 aromatic heterocycles. The minimum atomic E-state index is -0.488. The second-order valence-corrected chi connectivity index (χ2v) is 10.2. The maximum absolute atomic E-state index is 11.3. The van der Waals surface area contributed by atoms with Gasteiger partial charge in [-0.25, -0.2) is 0 Å². The minimum absolute atomic E-state index is 0.00845. The van der Waals surface area contributed by atoms with E-state index in [4.69, 9.17) is 9.47 Å². The van der Waals surface area contributed by atoms with Gasteiger partial charge in [0.25, 0.3) is 0 Å². The van der Waals surface area contributed by atoms with E-state index >= 15 is 0 Å². The number of carbonyl (C=O) groups excluding carboxylic acids is 1. The van der Waals surface area contributed by atoms with Crippen LogP contribution in [0.25, 0.3) is 0 Å². The molecule has 1 saturated carbocycles. The third-order valence-electron chi connectivity index (χ3n) is 7.54. The Hall–Kier alpha value is -2.51. The molecule has 2 aliphatic rings. The molecular weight excluding hydrogens is 452 g/mol. The van der Waals surface area contributed by atoms with Crippen molar-refractivity contribution in [2.75, 3.05) is 13.1 Å². The lowest BCUT2D eigenvalue weighted by Crippen LogP contribution is -2.47. The van der Waals surface area contributed by atoms with Crippen molar-refractivity contribution in [2.45, 2.75) is 77.2 Å². The Balaban J connectivity index is 1.57. The van der Waals surface area contributed by atoms with Crippen molar-refractivity contribution < 1.29 is 19.4 Å². The zero-order chi connectivity index (χ0) is 25.5. The topological polar surface area (TPSA) is 71.0 Å². The van der Waals surface area contributed by atoms with Gasteiger partial charge in [0.2, 0.25) is 5.91 Å². The van der Waals surface area contributed by atoms with Gasteiger partial charge in [0, 0.05) is 44.1 Å². The SMILES string of the molecule is C=CCN(C[C@H]1O[C@@H](c2ccc(CNC(C)=O)cc2)O[C@@H](c2ccc(CO)cc2)[C@H]1C)C1CCCC1. The average molecular weight is 493 g/mol. The van der Waals surface area contributed by atoms with E-state index in [2.05, 4.69) is 35.9 Å². The van der Waals surface area contributed by atoms with Crippen LogP contribution in [0.4, 0.5) is 0 Å². The van der Waals surface area contributed by atoms with E-state index in [9.17, 15) is 9.90 Å². The van der Waals surface area contributed by atoms with Crippen molar-refractivity contribution in [3.63, 3.8) is 0 Å². The molecule has 0 radical (unpaired) electrons. The molecule has 4 atom stereocenters. The number of benzene rings is 2. The maximum Gasteiger partial charge on any atom is 0.217 e. The highest BCUT2D eigenvalue weighted by atomic mass is 16.7. The Labute approximate surface area is 215 Å². The van der Waals surface area contributed by atoms with Crippen LogP contribution >= 0.6 is 0 Å². The van der Waals surface area contributed by atoms with E-state index < -0.39 is 6.29 Å². The number of nitrogens with zero attached hydrogens (tertiary/aromatic N) is 1. The Morgan fingerprint density at radius 1 is 1.06 bits per heavy atom. The molecule has 0 spiro atoms. The Morgan fingerprint density at radius 3 is 2.31 bits per heavy atom. The number of hydrogen-bond acceptors (Lipinski definition) is 5. The number of nitrogens with one attached hydrogen (secondary N) is 1. The molecule has 2 fully saturated rings. The lowest BCUT2D eigenvalue weighted by molar-refractivity contribution is -0.276. The van der Waals surface area contributed by atoms with Crippen molar-refractivity contribution in [3.05, 3.63) is 83.4 Å². The van der Waals surface area contributed by atoms with E-state index in [0.717, 1.165) is 35.3 Å². The molecule has 1 heterocycles. The Kier molecular flexibility index (Phi) is 9.32. The number of hydrogen-bond donors (Lipinski definition) is 2. The largest absolute Gasteiger partial charge is 0.392 e. The summed E-state index contributed by atoms with van der Waals surface area (Å²) in [7, 11) is 0. The molecule has 36 heavy (non-hydrogen) atoms. The summed E-state index contributed by atoms with van der Waals surface area (Å²) in [6, 6.07) is 16.7. The van der Waals surface area contributed by atoms with Crippen LogP contribution < -0.4 is 5.32 Å². The monoisotopic (exact) mass is 492 g/mol. The summed E-state index contributed by atoms with van der Waals surface area (Å²) in [5.41, 5.74) is 3.98. The molecule has 1 amide bonds. The first kappa shape index (κ1) is 26.6. The van der Waals surface area contributed by atoms with Crippen LogP contribution in [-0.4, -0.2) is 41.1 Å². The van der Waals surface area contributed by atoms with Crippen LogP contribution in [0.2, 0.25) is 0 Å².